The summed E-state index contributed by atoms with van der Waals surface area (Å²) in [6.45, 7) is 0.955. The van der Waals surface area contributed by atoms with Crippen molar-refractivity contribution in [2.24, 2.45) is 5.92 Å². The van der Waals surface area contributed by atoms with E-state index in [0.717, 1.165) is 18.6 Å². The number of hydrogen-bond donors (Lipinski definition) is 1. The third-order valence-electron chi connectivity index (χ3n) is 2.66. The van der Waals surface area contributed by atoms with E-state index in [9.17, 15) is 0 Å². The summed E-state index contributed by atoms with van der Waals surface area (Å²) in [6.07, 6.45) is 5.31. The van der Waals surface area contributed by atoms with Crippen molar-refractivity contribution in [3.05, 3.63) is 0 Å². The zero-order valence-electron chi connectivity index (χ0n) is 7.60. The maximum absolute atomic E-state index is 5.13. The quantitative estimate of drug-likeness (QED) is 0.669. The molecule has 0 unspecified atom stereocenters. The van der Waals surface area contributed by atoms with Gasteiger partial charge in [0.05, 0.1) is 0 Å². The lowest BCUT2D eigenvalue weighted by Crippen LogP contribution is -2.31. The Balaban J connectivity index is 2.14. The van der Waals surface area contributed by atoms with Gasteiger partial charge < -0.3 is 10.1 Å². The molecule has 0 bridgehead atoms. The molecule has 0 radical (unpaired) electrons. The van der Waals surface area contributed by atoms with Gasteiger partial charge in [0.1, 0.15) is 0 Å². The van der Waals surface area contributed by atoms with Gasteiger partial charge in [-0.2, -0.15) is 0 Å². The van der Waals surface area contributed by atoms with Crippen LogP contribution in [0.4, 0.5) is 0 Å². The lowest BCUT2D eigenvalue weighted by atomic mass is 9.87. The van der Waals surface area contributed by atoms with Gasteiger partial charge in [-0.1, -0.05) is 0 Å². The molecule has 1 saturated carbocycles. The molecule has 0 heterocycles. The fourth-order valence-electron chi connectivity index (χ4n) is 1.85. The van der Waals surface area contributed by atoms with Crippen LogP contribution in [0.1, 0.15) is 25.7 Å². The Labute approximate surface area is 69.3 Å². The van der Waals surface area contributed by atoms with Crippen molar-refractivity contribution in [1.82, 2.24) is 5.32 Å². The van der Waals surface area contributed by atoms with Gasteiger partial charge in [0, 0.05) is 19.8 Å². The first-order chi connectivity index (χ1) is 5.36. The van der Waals surface area contributed by atoms with E-state index in [0.29, 0.717) is 0 Å². The van der Waals surface area contributed by atoms with Gasteiger partial charge in [0.2, 0.25) is 0 Å². The Hall–Kier alpha value is -0.0800. The fourth-order valence-corrected chi connectivity index (χ4v) is 1.85. The van der Waals surface area contributed by atoms with Crippen LogP contribution in [-0.4, -0.2) is 26.8 Å². The molecule has 1 rings (SSSR count). The zero-order valence-corrected chi connectivity index (χ0v) is 7.60. The van der Waals surface area contributed by atoms with Crippen LogP contribution in [-0.2, 0) is 4.74 Å². The van der Waals surface area contributed by atoms with Crippen LogP contribution in [0, 0.1) is 5.92 Å². The smallest absolute Gasteiger partial charge is 0.0490 e. The summed E-state index contributed by atoms with van der Waals surface area (Å²) < 4.78 is 5.13. The highest BCUT2D eigenvalue weighted by Gasteiger charge is 2.19. The Morgan fingerprint density at radius 1 is 1.27 bits per heavy atom. The van der Waals surface area contributed by atoms with Crippen LogP contribution in [0.3, 0.4) is 0 Å². The van der Waals surface area contributed by atoms with E-state index >= 15 is 0 Å². The van der Waals surface area contributed by atoms with E-state index in [1.807, 2.05) is 0 Å². The second kappa shape index (κ2) is 4.73. The Morgan fingerprint density at radius 2 is 1.91 bits per heavy atom. The van der Waals surface area contributed by atoms with E-state index in [2.05, 4.69) is 12.4 Å². The number of rotatable bonds is 3. The monoisotopic (exact) mass is 157 g/mol. The lowest BCUT2D eigenvalue weighted by molar-refractivity contribution is 0.125. The molecule has 2 heteroatoms. The first kappa shape index (κ1) is 9.01. The van der Waals surface area contributed by atoms with Gasteiger partial charge in [-0.25, -0.2) is 0 Å². The van der Waals surface area contributed by atoms with Crippen LogP contribution >= 0.6 is 0 Å². The Bertz CT molecular complexity index is 97.7. The third kappa shape index (κ3) is 2.80. The average molecular weight is 157 g/mol. The average Bonchev–Trinajstić information content (AvgIpc) is 2.07. The lowest BCUT2D eigenvalue weighted by Gasteiger charge is -2.27. The molecule has 0 spiro atoms. The highest BCUT2D eigenvalue weighted by atomic mass is 16.5. The molecule has 66 valence electrons. The van der Waals surface area contributed by atoms with Crippen molar-refractivity contribution in [1.29, 1.82) is 0 Å². The van der Waals surface area contributed by atoms with E-state index in [1.165, 1.54) is 25.7 Å². The van der Waals surface area contributed by atoms with Gasteiger partial charge in [-0.3, -0.25) is 0 Å². The van der Waals surface area contributed by atoms with Gasteiger partial charge in [0.25, 0.3) is 0 Å². The van der Waals surface area contributed by atoms with Gasteiger partial charge in [-0.05, 0) is 38.6 Å². The largest absolute Gasteiger partial charge is 0.384 e. The van der Waals surface area contributed by atoms with Crippen LogP contribution in [0.2, 0.25) is 0 Å². The summed E-state index contributed by atoms with van der Waals surface area (Å²) in [7, 11) is 3.85. The molecule has 0 saturated heterocycles. The van der Waals surface area contributed by atoms with Crippen molar-refractivity contribution >= 4 is 0 Å². The molecular weight excluding hydrogens is 138 g/mol. The minimum absolute atomic E-state index is 0.767. The number of methoxy groups -OCH3 is 1. The summed E-state index contributed by atoms with van der Waals surface area (Å²) in [6, 6.07) is 0.767. The first-order valence-electron chi connectivity index (χ1n) is 4.53. The topological polar surface area (TPSA) is 21.3 Å². The van der Waals surface area contributed by atoms with Crippen molar-refractivity contribution in [3.8, 4) is 0 Å². The second-order valence-electron chi connectivity index (χ2n) is 3.46. The number of ether oxygens (including phenoxy) is 1. The third-order valence-corrected chi connectivity index (χ3v) is 2.66. The van der Waals surface area contributed by atoms with Crippen molar-refractivity contribution in [2.45, 2.75) is 31.7 Å². The van der Waals surface area contributed by atoms with Crippen LogP contribution < -0.4 is 5.32 Å². The van der Waals surface area contributed by atoms with Gasteiger partial charge in [0.15, 0.2) is 0 Å². The fraction of sp³-hybridized carbons (Fsp3) is 1.00. The molecule has 0 aromatic rings. The molecule has 11 heavy (non-hydrogen) atoms. The summed E-state index contributed by atoms with van der Waals surface area (Å²) in [5, 5.41) is 3.33. The molecular formula is C9H19NO. The summed E-state index contributed by atoms with van der Waals surface area (Å²) in [5.41, 5.74) is 0. The molecule has 1 fully saturated rings. The molecule has 1 aliphatic carbocycles. The minimum Gasteiger partial charge on any atom is -0.384 e. The summed E-state index contributed by atoms with van der Waals surface area (Å²) >= 11 is 0. The maximum atomic E-state index is 5.13. The molecule has 0 aromatic heterocycles. The molecule has 0 aliphatic heterocycles. The minimum atomic E-state index is 0.767. The first-order valence-corrected chi connectivity index (χ1v) is 4.53. The molecule has 1 aliphatic rings. The Kier molecular flexibility index (Phi) is 3.87. The standard InChI is InChI=1S/C9H19NO/c1-10-9-5-3-8(4-6-9)7-11-2/h8-10H,3-7H2,1-2H3. The van der Waals surface area contributed by atoms with Crippen LogP contribution in [0.15, 0.2) is 0 Å². The Morgan fingerprint density at radius 3 is 2.36 bits per heavy atom. The van der Waals surface area contributed by atoms with E-state index in [1.54, 1.807) is 7.11 Å². The maximum Gasteiger partial charge on any atom is 0.0490 e. The molecule has 0 atom stereocenters. The number of hydrogen-bond acceptors (Lipinski definition) is 2. The van der Waals surface area contributed by atoms with Gasteiger partial charge in [-0.15, -0.1) is 0 Å². The molecule has 2 nitrogen and oxygen atoms in total. The summed E-state index contributed by atoms with van der Waals surface area (Å²) in [5.74, 6) is 0.824. The SMILES string of the molecule is CNC1CCC(COC)CC1. The number of nitrogens with one attached hydrogen (secondary N) is 1. The molecule has 0 amide bonds. The van der Waals surface area contributed by atoms with Crippen LogP contribution in [0.25, 0.3) is 0 Å². The van der Waals surface area contributed by atoms with Crippen molar-refractivity contribution < 1.29 is 4.74 Å². The molecule has 0 aromatic carbocycles. The highest BCUT2D eigenvalue weighted by molar-refractivity contribution is 4.75. The predicted molar refractivity (Wildman–Crippen MR) is 46.7 cm³/mol. The molecule has 1 N–H and O–H groups in total. The van der Waals surface area contributed by atoms with E-state index in [4.69, 9.17) is 4.74 Å². The zero-order chi connectivity index (χ0) is 8.10. The van der Waals surface area contributed by atoms with E-state index < -0.39 is 0 Å². The van der Waals surface area contributed by atoms with Gasteiger partial charge >= 0.3 is 0 Å². The van der Waals surface area contributed by atoms with E-state index in [-0.39, 0.29) is 0 Å². The normalized spacial score (nSPS) is 32.2. The predicted octanol–water partition coefficient (Wildman–Crippen LogP) is 1.41. The summed E-state index contributed by atoms with van der Waals surface area (Å²) in [4.78, 5) is 0. The highest BCUT2D eigenvalue weighted by Crippen LogP contribution is 2.23. The second-order valence-corrected chi connectivity index (χ2v) is 3.46. The van der Waals surface area contributed by atoms with Crippen LogP contribution in [0.5, 0.6) is 0 Å². The van der Waals surface area contributed by atoms with Crippen molar-refractivity contribution in [2.75, 3.05) is 20.8 Å². The van der Waals surface area contributed by atoms with Crippen molar-refractivity contribution in [3.63, 3.8) is 0 Å².